The van der Waals surface area contributed by atoms with Crippen molar-refractivity contribution < 1.29 is 4.74 Å². The number of methoxy groups -OCH3 is 1. The summed E-state index contributed by atoms with van der Waals surface area (Å²) in [5, 5.41) is -0.135. The fourth-order valence-electron chi connectivity index (χ4n) is 2.25. The number of aryl methyl sites for hydroxylation is 1. The molecule has 5 heteroatoms. The van der Waals surface area contributed by atoms with Gasteiger partial charge in [-0.2, -0.15) is 0 Å². The van der Waals surface area contributed by atoms with E-state index in [-0.39, 0.29) is 5.38 Å². The Bertz CT molecular complexity index is 565. The predicted octanol–water partition coefficient (Wildman–Crippen LogP) is 3.32. The molecule has 0 aliphatic carbocycles. The van der Waals surface area contributed by atoms with Crippen LogP contribution in [0.15, 0.2) is 12.1 Å². The summed E-state index contributed by atoms with van der Waals surface area (Å²) in [5.74, 6) is 1.26. The maximum atomic E-state index is 6.24. The van der Waals surface area contributed by atoms with E-state index in [0.29, 0.717) is 12.5 Å². The minimum atomic E-state index is -0.135. The van der Waals surface area contributed by atoms with E-state index in [2.05, 4.69) is 21.5 Å². The fraction of sp³-hybridized carbons (Fsp3) is 0.571. The van der Waals surface area contributed by atoms with Gasteiger partial charge in [-0.05, 0) is 31.9 Å². The number of fused-ring (bicyclic) bond motifs is 1. The molecule has 0 aliphatic heterocycles. The number of nitrogens with zero attached hydrogens (tertiary/aromatic N) is 3. The van der Waals surface area contributed by atoms with Crippen molar-refractivity contribution in [2.75, 3.05) is 13.7 Å². The van der Waals surface area contributed by atoms with Gasteiger partial charge in [0.15, 0.2) is 5.65 Å². The van der Waals surface area contributed by atoms with Gasteiger partial charge in [0.1, 0.15) is 11.3 Å². The lowest BCUT2D eigenvalue weighted by atomic mass is 10.2. The number of hydrogen-bond acceptors (Lipinski definition) is 3. The lowest BCUT2D eigenvalue weighted by molar-refractivity contribution is 0.151. The lowest BCUT2D eigenvalue weighted by Gasteiger charge is -2.15. The summed E-state index contributed by atoms with van der Waals surface area (Å²) in [4.78, 5) is 9.19. The molecular formula is C14H20ClN3O. The van der Waals surface area contributed by atoms with Crippen molar-refractivity contribution in [1.82, 2.24) is 14.5 Å². The summed E-state index contributed by atoms with van der Waals surface area (Å²) >= 11 is 6.24. The van der Waals surface area contributed by atoms with Crippen molar-refractivity contribution >= 4 is 22.8 Å². The van der Waals surface area contributed by atoms with E-state index in [1.54, 1.807) is 7.11 Å². The maximum Gasteiger partial charge on any atom is 0.160 e. The number of pyridine rings is 1. The third kappa shape index (κ3) is 3.07. The van der Waals surface area contributed by atoms with Gasteiger partial charge >= 0.3 is 0 Å². The van der Waals surface area contributed by atoms with Crippen molar-refractivity contribution in [3.63, 3.8) is 0 Å². The molecule has 0 amide bonds. The number of aromatic nitrogens is 3. The standard InChI is InChI=1S/C14H20ClN3O/c1-9(8-19-4)7-18-13(11(3)15)17-12-6-5-10(2)16-14(12)18/h5-6,9,11H,7-8H2,1-4H3. The van der Waals surface area contributed by atoms with Gasteiger partial charge in [-0.3, -0.25) is 0 Å². The smallest absolute Gasteiger partial charge is 0.160 e. The zero-order chi connectivity index (χ0) is 14.0. The van der Waals surface area contributed by atoms with Crippen LogP contribution in [0.25, 0.3) is 11.2 Å². The van der Waals surface area contributed by atoms with Gasteiger partial charge in [0.2, 0.25) is 0 Å². The van der Waals surface area contributed by atoms with Crippen LogP contribution in [0.4, 0.5) is 0 Å². The van der Waals surface area contributed by atoms with Gasteiger partial charge in [0.05, 0.1) is 12.0 Å². The number of rotatable bonds is 5. The Labute approximate surface area is 118 Å². The highest BCUT2D eigenvalue weighted by atomic mass is 35.5. The molecule has 104 valence electrons. The van der Waals surface area contributed by atoms with Gasteiger partial charge in [-0.1, -0.05) is 6.92 Å². The number of ether oxygens (including phenoxy) is 1. The Balaban J connectivity index is 2.47. The summed E-state index contributed by atoms with van der Waals surface area (Å²) in [6, 6.07) is 3.97. The first-order valence-electron chi connectivity index (χ1n) is 6.49. The number of halogens is 1. The van der Waals surface area contributed by atoms with Gasteiger partial charge in [-0.15, -0.1) is 11.6 Å². The summed E-state index contributed by atoms with van der Waals surface area (Å²) in [6.07, 6.45) is 0. The molecule has 2 aromatic rings. The average Bonchev–Trinajstić information content (AvgIpc) is 2.68. The Morgan fingerprint density at radius 2 is 2.05 bits per heavy atom. The summed E-state index contributed by atoms with van der Waals surface area (Å²) in [6.45, 7) is 7.59. The van der Waals surface area contributed by atoms with Crippen LogP contribution >= 0.6 is 11.6 Å². The van der Waals surface area contributed by atoms with Crippen molar-refractivity contribution in [1.29, 1.82) is 0 Å². The lowest BCUT2D eigenvalue weighted by Crippen LogP contribution is -2.15. The first-order valence-corrected chi connectivity index (χ1v) is 6.93. The molecular weight excluding hydrogens is 262 g/mol. The largest absolute Gasteiger partial charge is 0.384 e. The maximum absolute atomic E-state index is 6.24. The first kappa shape index (κ1) is 14.3. The molecule has 19 heavy (non-hydrogen) atoms. The minimum absolute atomic E-state index is 0.135. The Kier molecular flexibility index (Phi) is 4.42. The zero-order valence-corrected chi connectivity index (χ0v) is 12.6. The predicted molar refractivity (Wildman–Crippen MR) is 77.6 cm³/mol. The molecule has 0 spiro atoms. The quantitative estimate of drug-likeness (QED) is 0.789. The highest BCUT2D eigenvalue weighted by Crippen LogP contribution is 2.24. The van der Waals surface area contributed by atoms with Crippen LogP contribution in [0.5, 0.6) is 0 Å². The Hall–Kier alpha value is -1.13. The normalized spacial score (nSPS) is 14.8. The van der Waals surface area contributed by atoms with Crippen molar-refractivity contribution in [3.8, 4) is 0 Å². The van der Waals surface area contributed by atoms with E-state index in [1.807, 2.05) is 26.0 Å². The first-order chi connectivity index (χ1) is 9.02. The van der Waals surface area contributed by atoms with Crippen molar-refractivity contribution in [2.24, 2.45) is 5.92 Å². The molecule has 0 saturated carbocycles. The molecule has 0 bridgehead atoms. The molecule has 0 N–H and O–H groups in total. The van der Waals surface area contributed by atoms with Crippen molar-refractivity contribution in [2.45, 2.75) is 32.7 Å². The average molecular weight is 282 g/mol. The number of alkyl halides is 1. The Morgan fingerprint density at radius 1 is 1.32 bits per heavy atom. The SMILES string of the molecule is COCC(C)Cn1c(C(C)Cl)nc2ccc(C)nc21. The molecule has 2 unspecified atom stereocenters. The van der Waals surface area contributed by atoms with Crippen LogP contribution in [0, 0.1) is 12.8 Å². The van der Waals surface area contributed by atoms with Crippen LogP contribution in [-0.4, -0.2) is 28.3 Å². The summed E-state index contributed by atoms with van der Waals surface area (Å²) in [5.41, 5.74) is 2.80. The van der Waals surface area contributed by atoms with Crippen LogP contribution < -0.4 is 0 Å². The molecule has 0 radical (unpaired) electrons. The van der Waals surface area contributed by atoms with Gasteiger partial charge < -0.3 is 9.30 Å². The van der Waals surface area contributed by atoms with E-state index in [1.165, 1.54) is 0 Å². The van der Waals surface area contributed by atoms with E-state index < -0.39 is 0 Å². The molecule has 0 aromatic carbocycles. The highest BCUT2D eigenvalue weighted by molar-refractivity contribution is 6.20. The minimum Gasteiger partial charge on any atom is -0.384 e. The van der Waals surface area contributed by atoms with Crippen molar-refractivity contribution in [3.05, 3.63) is 23.7 Å². The van der Waals surface area contributed by atoms with E-state index in [4.69, 9.17) is 16.3 Å². The molecule has 2 rings (SSSR count). The molecule has 0 saturated heterocycles. The number of imidazole rings is 1. The third-order valence-corrected chi connectivity index (χ3v) is 3.26. The second-order valence-electron chi connectivity index (χ2n) is 5.05. The fourth-order valence-corrected chi connectivity index (χ4v) is 2.41. The van der Waals surface area contributed by atoms with Crippen LogP contribution in [0.1, 0.15) is 30.7 Å². The molecule has 0 aliphatic rings. The monoisotopic (exact) mass is 281 g/mol. The third-order valence-electron chi connectivity index (χ3n) is 3.06. The van der Waals surface area contributed by atoms with Gasteiger partial charge in [-0.25, -0.2) is 9.97 Å². The van der Waals surface area contributed by atoms with E-state index >= 15 is 0 Å². The molecule has 2 aromatic heterocycles. The van der Waals surface area contributed by atoms with Crippen LogP contribution in [0.3, 0.4) is 0 Å². The molecule has 4 nitrogen and oxygen atoms in total. The summed E-state index contributed by atoms with van der Waals surface area (Å²) < 4.78 is 7.32. The van der Waals surface area contributed by atoms with Gasteiger partial charge in [0.25, 0.3) is 0 Å². The second-order valence-corrected chi connectivity index (χ2v) is 5.71. The van der Waals surface area contributed by atoms with Crippen LogP contribution in [0.2, 0.25) is 0 Å². The second kappa shape index (κ2) is 5.88. The van der Waals surface area contributed by atoms with Gasteiger partial charge in [0, 0.05) is 19.3 Å². The molecule has 0 fully saturated rings. The summed E-state index contributed by atoms with van der Waals surface area (Å²) in [7, 11) is 1.72. The van der Waals surface area contributed by atoms with E-state index in [0.717, 1.165) is 29.2 Å². The molecule has 2 atom stereocenters. The highest BCUT2D eigenvalue weighted by Gasteiger charge is 2.17. The topological polar surface area (TPSA) is 39.9 Å². The van der Waals surface area contributed by atoms with E-state index in [9.17, 15) is 0 Å². The Morgan fingerprint density at radius 3 is 2.68 bits per heavy atom. The zero-order valence-electron chi connectivity index (χ0n) is 11.9. The molecule has 2 heterocycles. The van der Waals surface area contributed by atoms with Crippen LogP contribution in [-0.2, 0) is 11.3 Å². The number of hydrogen-bond donors (Lipinski definition) is 0.